The highest BCUT2D eigenvalue weighted by Crippen LogP contribution is 2.45. The fraction of sp³-hybridized carbons (Fsp3) is 0.235. The lowest BCUT2D eigenvalue weighted by molar-refractivity contribution is -0.361. The zero-order valence-corrected chi connectivity index (χ0v) is 18.3. The molecule has 0 atom stereocenters. The minimum Gasteiger partial charge on any atom is -0.487 e. The zero-order valence-electron chi connectivity index (χ0n) is 14.4. The Morgan fingerprint density at radius 1 is 1.00 bits per heavy atom. The summed E-state index contributed by atoms with van der Waals surface area (Å²) in [6, 6.07) is 3.80. The summed E-state index contributed by atoms with van der Waals surface area (Å²) in [6.45, 7) is 0.0218. The highest BCUT2D eigenvalue weighted by atomic mass is 79.9. The largest absolute Gasteiger partial charge is 0.487 e. The molecule has 0 amide bonds. The molecule has 0 radical (unpaired) electrons. The molecule has 0 fully saturated rings. The van der Waals surface area contributed by atoms with Crippen LogP contribution >= 0.6 is 43.5 Å². The van der Waals surface area contributed by atoms with Gasteiger partial charge in [-0.3, -0.25) is 0 Å². The first kappa shape index (κ1) is 24.7. The standard InChI is InChI=1S/C17H10Br2ClF7N2O/c18-11-5-10(7-28-29-17(26,27)15(21,22)16(23,24)25)14(13(19)6-11)30-8-9-1-3-12(20)4-2-9/h1-7,29H,8H2/b28-7-. The van der Waals surface area contributed by atoms with Crippen LogP contribution in [0.2, 0.25) is 5.02 Å². The Morgan fingerprint density at radius 2 is 1.60 bits per heavy atom. The maximum atomic E-state index is 13.3. The molecule has 0 aromatic heterocycles. The van der Waals surface area contributed by atoms with E-state index in [-0.39, 0.29) is 17.9 Å². The van der Waals surface area contributed by atoms with Crippen molar-refractivity contribution in [3.8, 4) is 5.75 Å². The molecule has 2 aromatic rings. The average Bonchev–Trinajstić information content (AvgIpc) is 2.61. The number of rotatable bonds is 7. The van der Waals surface area contributed by atoms with Crippen molar-refractivity contribution in [2.24, 2.45) is 5.10 Å². The van der Waals surface area contributed by atoms with E-state index in [0.29, 0.717) is 31.2 Å². The monoisotopic (exact) mass is 584 g/mol. The van der Waals surface area contributed by atoms with Crippen LogP contribution in [0.4, 0.5) is 30.7 Å². The molecule has 0 saturated carbocycles. The molecule has 164 valence electrons. The smallest absolute Gasteiger partial charge is 0.462 e. The number of hydrazone groups is 1. The van der Waals surface area contributed by atoms with E-state index in [1.807, 2.05) is 0 Å². The number of hydrogen-bond donors (Lipinski definition) is 1. The topological polar surface area (TPSA) is 33.6 Å². The number of benzene rings is 2. The SMILES string of the molecule is FC(F)(F)C(F)(F)C(F)(F)N/N=C\c1cc(Br)cc(Br)c1OCc1ccc(Cl)cc1. The summed E-state index contributed by atoms with van der Waals surface area (Å²) in [5, 5.41) is 3.36. The highest BCUT2D eigenvalue weighted by Gasteiger charge is 2.73. The van der Waals surface area contributed by atoms with Gasteiger partial charge in [-0.1, -0.05) is 39.7 Å². The van der Waals surface area contributed by atoms with Crippen LogP contribution < -0.4 is 10.2 Å². The minimum absolute atomic E-state index is 0.0174. The van der Waals surface area contributed by atoms with Gasteiger partial charge in [0.05, 0.1) is 10.7 Å². The number of hydrogen-bond acceptors (Lipinski definition) is 3. The summed E-state index contributed by atoms with van der Waals surface area (Å²) in [6.07, 6.45) is -5.84. The maximum Gasteiger partial charge on any atom is 0.462 e. The normalized spacial score (nSPS) is 13.0. The molecule has 0 heterocycles. The van der Waals surface area contributed by atoms with Gasteiger partial charge in [-0.2, -0.15) is 35.8 Å². The molecule has 3 nitrogen and oxygen atoms in total. The number of nitrogens with one attached hydrogen (secondary N) is 1. The predicted molar refractivity (Wildman–Crippen MR) is 104 cm³/mol. The van der Waals surface area contributed by atoms with Gasteiger partial charge in [0.2, 0.25) is 0 Å². The van der Waals surface area contributed by atoms with E-state index in [1.54, 1.807) is 30.3 Å². The van der Waals surface area contributed by atoms with Gasteiger partial charge in [-0.15, -0.1) is 0 Å². The fourth-order valence-electron chi connectivity index (χ4n) is 2.00. The van der Waals surface area contributed by atoms with Crippen molar-refractivity contribution in [3.05, 3.63) is 61.5 Å². The van der Waals surface area contributed by atoms with Gasteiger partial charge in [0, 0.05) is 15.1 Å². The lowest BCUT2D eigenvalue weighted by atomic mass is 10.2. The van der Waals surface area contributed by atoms with Gasteiger partial charge in [0.15, 0.2) is 0 Å². The molecule has 0 bridgehead atoms. The van der Waals surface area contributed by atoms with Crippen LogP contribution in [-0.4, -0.2) is 24.4 Å². The molecule has 2 rings (SSSR count). The van der Waals surface area contributed by atoms with Gasteiger partial charge >= 0.3 is 18.1 Å². The molecule has 0 aliphatic rings. The number of alkyl halides is 7. The fourth-order valence-corrected chi connectivity index (χ4v) is 3.49. The number of halogens is 10. The first-order chi connectivity index (χ1) is 13.7. The minimum atomic E-state index is -6.47. The summed E-state index contributed by atoms with van der Waals surface area (Å²) in [4.78, 5) is 0. The van der Waals surface area contributed by atoms with Gasteiger partial charge in [0.1, 0.15) is 12.4 Å². The van der Waals surface area contributed by atoms with Crippen molar-refractivity contribution in [1.29, 1.82) is 0 Å². The van der Waals surface area contributed by atoms with E-state index in [4.69, 9.17) is 16.3 Å². The molecule has 30 heavy (non-hydrogen) atoms. The Morgan fingerprint density at radius 3 is 2.17 bits per heavy atom. The van der Waals surface area contributed by atoms with Crippen LogP contribution in [0.15, 0.2) is 50.4 Å². The van der Waals surface area contributed by atoms with Crippen molar-refractivity contribution in [2.45, 2.75) is 24.8 Å². The molecule has 1 N–H and O–H groups in total. The second-order valence-corrected chi connectivity index (χ2v) is 7.94. The van der Waals surface area contributed by atoms with Crippen LogP contribution in [0.25, 0.3) is 0 Å². The summed E-state index contributed by atoms with van der Waals surface area (Å²) < 4.78 is 95.4. The average molecular weight is 587 g/mol. The summed E-state index contributed by atoms with van der Waals surface area (Å²) in [7, 11) is 0. The third-order valence-corrected chi connectivity index (χ3v) is 4.79. The molecule has 0 unspecified atom stereocenters. The first-order valence-corrected chi connectivity index (χ1v) is 9.70. The van der Waals surface area contributed by atoms with Crippen LogP contribution in [0.3, 0.4) is 0 Å². The molecule has 0 saturated heterocycles. The van der Waals surface area contributed by atoms with Crippen LogP contribution in [0, 0.1) is 0 Å². The lowest BCUT2D eigenvalue weighted by Gasteiger charge is -2.27. The lowest BCUT2D eigenvalue weighted by Crippen LogP contribution is -2.58. The number of nitrogens with zero attached hydrogens (tertiary/aromatic N) is 1. The third-order valence-electron chi connectivity index (χ3n) is 3.49. The van der Waals surface area contributed by atoms with Crippen LogP contribution in [0.5, 0.6) is 5.75 Å². The summed E-state index contributed by atoms with van der Waals surface area (Å²) in [5.41, 5.74) is 1.28. The van der Waals surface area contributed by atoms with Crippen molar-refractivity contribution >= 4 is 49.7 Å². The molecule has 0 spiro atoms. The van der Waals surface area contributed by atoms with Crippen molar-refractivity contribution in [3.63, 3.8) is 0 Å². The van der Waals surface area contributed by atoms with E-state index >= 15 is 0 Å². The molecule has 0 aliphatic carbocycles. The molecule has 13 heteroatoms. The molecule has 0 aliphatic heterocycles. The second kappa shape index (κ2) is 9.31. The maximum absolute atomic E-state index is 13.3. The summed E-state index contributed by atoms with van der Waals surface area (Å²) in [5.74, 6) is -6.24. The molecule has 2 aromatic carbocycles. The van der Waals surface area contributed by atoms with E-state index in [0.717, 1.165) is 0 Å². The zero-order chi connectivity index (χ0) is 22.7. The van der Waals surface area contributed by atoms with E-state index in [9.17, 15) is 30.7 Å². The van der Waals surface area contributed by atoms with Gasteiger partial charge in [-0.05, 0) is 45.8 Å². The van der Waals surface area contributed by atoms with Gasteiger partial charge in [-0.25, -0.2) is 5.43 Å². The van der Waals surface area contributed by atoms with Crippen molar-refractivity contribution in [1.82, 2.24) is 5.43 Å². The van der Waals surface area contributed by atoms with E-state index in [2.05, 4.69) is 37.0 Å². The van der Waals surface area contributed by atoms with E-state index < -0.39 is 18.1 Å². The Hall–Kier alpha value is -1.53. The van der Waals surface area contributed by atoms with Gasteiger partial charge < -0.3 is 4.74 Å². The van der Waals surface area contributed by atoms with Crippen molar-refractivity contribution in [2.75, 3.05) is 0 Å². The Labute approximate surface area is 187 Å². The van der Waals surface area contributed by atoms with Crippen LogP contribution in [0.1, 0.15) is 11.1 Å². The van der Waals surface area contributed by atoms with Gasteiger partial charge in [0.25, 0.3) is 0 Å². The Bertz CT molecular complexity index is 922. The molecular formula is C17H10Br2ClF7N2O. The van der Waals surface area contributed by atoms with Crippen LogP contribution in [-0.2, 0) is 6.61 Å². The van der Waals surface area contributed by atoms with E-state index in [1.165, 1.54) is 6.07 Å². The van der Waals surface area contributed by atoms with Crippen molar-refractivity contribution < 1.29 is 35.5 Å². The Balaban J connectivity index is 2.23. The molecular weight excluding hydrogens is 576 g/mol. The second-order valence-electron chi connectivity index (χ2n) is 5.74. The summed E-state index contributed by atoms with van der Waals surface area (Å²) >= 11 is 12.1. The highest BCUT2D eigenvalue weighted by molar-refractivity contribution is 9.11. The third kappa shape index (κ3) is 5.79. The first-order valence-electron chi connectivity index (χ1n) is 7.73. The quantitative estimate of drug-likeness (QED) is 0.162. The predicted octanol–water partition coefficient (Wildman–Crippen LogP) is 7.16. The Kier molecular flexibility index (Phi) is 7.68. The number of ether oxygens (including phenoxy) is 1.